The van der Waals surface area contributed by atoms with Crippen molar-refractivity contribution < 1.29 is 9.36 Å². The third-order valence-corrected chi connectivity index (χ3v) is 5.20. The highest BCUT2D eigenvalue weighted by atomic mass is 16.2. The number of nitrogen functional groups attached to an aromatic ring is 1. The fourth-order valence-corrected chi connectivity index (χ4v) is 3.63. The first-order valence-corrected chi connectivity index (χ1v) is 10.0. The third kappa shape index (κ3) is 3.39. The number of carbonyl (C=O) groups is 1. The van der Waals surface area contributed by atoms with Gasteiger partial charge >= 0.3 is 0 Å². The van der Waals surface area contributed by atoms with Crippen LogP contribution in [0.4, 0.5) is 5.82 Å². The van der Waals surface area contributed by atoms with Crippen LogP contribution in [0.25, 0.3) is 16.7 Å². The molecule has 3 aromatic heterocycles. The molecule has 0 spiro atoms. The van der Waals surface area contributed by atoms with Crippen molar-refractivity contribution >= 4 is 28.4 Å². The van der Waals surface area contributed by atoms with E-state index in [1.165, 1.54) is 4.40 Å². The van der Waals surface area contributed by atoms with Crippen molar-refractivity contribution in [2.45, 2.75) is 32.9 Å². The number of nitrogens with zero attached hydrogens (tertiary/aromatic N) is 3. The summed E-state index contributed by atoms with van der Waals surface area (Å²) in [6.45, 7) is 4.47. The highest BCUT2D eigenvalue weighted by Crippen LogP contribution is 2.17. The van der Waals surface area contributed by atoms with Gasteiger partial charge < -0.3 is 11.1 Å². The molecule has 30 heavy (non-hydrogen) atoms. The molecule has 0 saturated heterocycles. The maximum absolute atomic E-state index is 13.1. The molecule has 0 saturated carbocycles. The maximum Gasteiger partial charge on any atom is 0.278 e. The number of aromatic nitrogens is 3. The fraction of sp³-hybridized carbons (Fsp3) is 0.217. The van der Waals surface area contributed by atoms with Crippen molar-refractivity contribution in [1.82, 2.24) is 14.7 Å². The van der Waals surface area contributed by atoms with E-state index in [1.54, 1.807) is 29.0 Å². The van der Waals surface area contributed by atoms with Crippen LogP contribution in [0, 0.1) is 0 Å². The lowest BCUT2D eigenvalue weighted by atomic mass is 10.1. The van der Waals surface area contributed by atoms with E-state index in [1.807, 2.05) is 50.2 Å². The summed E-state index contributed by atoms with van der Waals surface area (Å²) in [4.78, 5) is 30.8. The number of benzene rings is 1. The molecule has 0 fully saturated rings. The first-order chi connectivity index (χ1) is 14.5. The molecule has 0 aliphatic carbocycles. The molecule has 1 atom stereocenters. The van der Waals surface area contributed by atoms with Crippen molar-refractivity contribution in [2.24, 2.45) is 0 Å². The summed E-state index contributed by atoms with van der Waals surface area (Å²) in [5.74, 6) is -0.0255. The molecular formula is C23H24N5O2+. The summed E-state index contributed by atoms with van der Waals surface area (Å²) < 4.78 is 3.23. The van der Waals surface area contributed by atoms with Gasteiger partial charge in [-0.25, -0.2) is 4.57 Å². The van der Waals surface area contributed by atoms with Gasteiger partial charge in [0.15, 0.2) is 0 Å². The van der Waals surface area contributed by atoms with Gasteiger partial charge in [0.1, 0.15) is 10.9 Å². The molecule has 1 amide bonds. The predicted molar refractivity (Wildman–Crippen MR) is 116 cm³/mol. The largest absolute Gasteiger partial charge is 0.345 e. The van der Waals surface area contributed by atoms with E-state index in [0.717, 1.165) is 12.0 Å². The second kappa shape index (κ2) is 7.94. The standard InChI is InChI=1S/C23H23N5O2/c1-3-12-28-20(24)17(22(29)25-15(2)16-9-5-4-6-10-16)14-18-21(28)26-19-11-7-8-13-27(19)23(18)30/h4-11,13-15,24H,3,12H2,1-2H3,(H,25,29)/p+1/t15-/m0/s1. The maximum atomic E-state index is 13.1. The Kier molecular flexibility index (Phi) is 5.18. The van der Waals surface area contributed by atoms with Crippen LogP contribution in [0.2, 0.25) is 0 Å². The molecule has 7 heteroatoms. The lowest BCUT2D eigenvalue weighted by Gasteiger charge is -2.16. The lowest BCUT2D eigenvalue weighted by molar-refractivity contribution is -0.658. The van der Waals surface area contributed by atoms with Crippen LogP contribution in [-0.4, -0.2) is 15.3 Å². The molecule has 3 heterocycles. The zero-order chi connectivity index (χ0) is 21.3. The Morgan fingerprint density at radius 1 is 1.20 bits per heavy atom. The Labute approximate surface area is 173 Å². The number of amides is 1. The van der Waals surface area contributed by atoms with Crippen LogP contribution >= 0.6 is 0 Å². The number of aryl methyl sites for hydroxylation is 1. The second-order valence-electron chi connectivity index (χ2n) is 7.28. The number of pyridine rings is 2. The van der Waals surface area contributed by atoms with Crippen LogP contribution in [0.15, 0.2) is 65.6 Å². The van der Waals surface area contributed by atoms with E-state index in [4.69, 9.17) is 5.73 Å². The summed E-state index contributed by atoms with van der Waals surface area (Å²) in [6, 6.07) is 16.4. The molecule has 0 aliphatic rings. The molecule has 0 aliphatic heterocycles. The highest BCUT2D eigenvalue weighted by molar-refractivity contribution is 6.00. The Morgan fingerprint density at radius 3 is 2.67 bits per heavy atom. The van der Waals surface area contributed by atoms with E-state index >= 15 is 0 Å². The Hall–Kier alpha value is -3.74. The average Bonchev–Trinajstić information content (AvgIpc) is 2.76. The Balaban J connectivity index is 1.86. The number of hydrogen-bond acceptors (Lipinski definition) is 4. The summed E-state index contributed by atoms with van der Waals surface area (Å²) in [5.41, 5.74) is 8.45. The van der Waals surface area contributed by atoms with Crippen LogP contribution in [-0.2, 0) is 6.54 Å². The van der Waals surface area contributed by atoms with E-state index in [-0.39, 0.29) is 23.1 Å². The lowest BCUT2D eigenvalue weighted by Crippen LogP contribution is -2.43. The topological polar surface area (TPSA) is 93.4 Å². The van der Waals surface area contributed by atoms with Gasteiger partial charge in [-0.3, -0.25) is 14.0 Å². The van der Waals surface area contributed by atoms with E-state index < -0.39 is 0 Å². The number of carbonyl (C=O) groups excluding carboxylic acids is 1. The molecule has 152 valence electrons. The van der Waals surface area contributed by atoms with Crippen LogP contribution in [0.5, 0.6) is 0 Å². The van der Waals surface area contributed by atoms with Gasteiger partial charge in [-0.15, -0.1) is 0 Å². The molecule has 1 aromatic carbocycles. The van der Waals surface area contributed by atoms with E-state index in [9.17, 15) is 9.59 Å². The first kappa shape index (κ1) is 19.6. The van der Waals surface area contributed by atoms with Gasteiger partial charge in [-0.2, -0.15) is 0 Å². The van der Waals surface area contributed by atoms with Crippen molar-refractivity contribution in [3.8, 4) is 0 Å². The smallest absolute Gasteiger partial charge is 0.278 e. The predicted octanol–water partition coefficient (Wildman–Crippen LogP) is 2.62. The Bertz CT molecular complexity index is 1300. The fourth-order valence-electron chi connectivity index (χ4n) is 3.63. The monoisotopic (exact) mass is 402 g/mol. The van der Waals surface area contributed by atoms with Crippen LogP contribution in [0.3, 0.4) is 0 Å². The highest BCUT2D eigenvalue weighted by Gasteiger charge is 2.24. The van der Waals surface area contributed by atoms with Crippen LogP contribution in [0.1, 0.15) is 42.2 Å². The normalized spacial score (nSPS) is 12.2. The minimum Gasteiger partial charge on any atom is -0.345 e. The molecular weight excluding hydrogens is 378 g/mol. The van der Waals surface area contributed by atoms with Crippen LogP contribution < -0.4 is 21.2 Å². The summed E-state index contributed by atoms with van der Waals surface area (Å²) >= 11 is 0. The average molecular weight is 402 g/mol. The van der Waals surface area contributed by atoms with E-state index in [2.05, 4.69) is 10.3 Å². The summed E-state index contributed by atoms with van der Waals surface area (Å²) in [6.07, 6.45) is 2.45. The zero-order valence-corrected chi connectivity index (χ0v) is 17.0. The minimum absolute atomic E-state index is 0.204. The minimum atomic E-state index is -0.326. The van der Waals surface area contributed by atoms with Gasteiger partial charge in [0.25, 0.3) is 17.1 Å². The molecule has 7 nitrogen and oxygen atoms in total. The summed E-state index contributed by atoms with van der Waals surface area (Å²) in [5, 5.41) is 3.34. The van der Waals surface area contributed by atoms with Gasteiger partial charge in [-0.05, 0) is 37.1 Å². The number of rotatable bonds is 5. The first-order valence-electron chi connectivity index (χ1n) is 10.0. The third-order valence-electron chi connectivity index (χ3n) is 5.20. The zero-order valence-electron chi connectivity index (χ0n) is 17.0. The quantitative estimate of drug-likeness (QED) is 0.396. The van der Waals surface area contributed by atoms with Gasteiger partial charge in [-0.1, -0.05) is 48.3 Å². The van der Waals surface area contributed by atoms with Crippen molar-refractivity contribution in [3.05, 3.63) is 82.3 Å². The van der Waals surface area contributed by atoms with Gasteiger partial charge in [0.05, 0.1) is 12.6 Å². The van der Waals surface area contributed by atoms with Crippen molar-refractivity contribution in [1.29, 1.82) is 0 Å². The number of nitrogens with two attached hydrogens (primary N) is 1. The Morgan fingerprint density at radius 2 is 1.93 bits per heavy atom. The molecule has 0 unspecified atom stereocenters. The van der Waals surface area contributed by atoms with E-state index in [0.29, 0.717) is 29.0 Å². The molecule has 0 bridgehead atoms. The molecule has 3 N–H and O–H groups in total. The molecule has 4 rings (SSSR count). The number of hydrogen-bond donors (Lipinski definition) is 2. The van der Waals surface area contributed by atoms with Crippen molar-refractivity contribution in [2.75, 3.05) is 5.73 Å². The molecule has 4 aromatic rings. The van der Waals surface area contributed by atoms with Gasteiger partial charge in [0.2, 0.25) is 11.5 Å². The SMILES string of the molecule is CCC[n+]1c(N)c(C(=O)N[C@@H](C)c2ccccc2)cc2c(=O)n3ccccc3nc21. The number of nitrogens with one attached hydrogen (secondary N) is 1. The number of fused-ring (bicyclic) bond motifs is 2. The molecule has 0 radical (unpaired) electrons. The van der Waals surface area contributed by atoms with Gasteiger partial charge in [0, 0.05) is 6.20 Å². The second-order valence-corrected chi connectivity index (χ2v) is 7.28. The summed E-state index contributed by atoms with van der Waals surface area (Å²) in [7, 11) is 0. The van der Waals surface area contributed by atoms with Crippen molar-refractivity contribution in [3.63, 3.8) is 0 Å². The number of anilines is 1.